The molecular formula is C11H10N4OS. The standard InChI is InChI=1S/C11H10N4OS/c12-7-11-13-8-15(14-11)5-1-3-9(16)10-4-2-6-17-10/h2,4,6,8H,1,3,5H2. The summed E-state index contributed by atoms with van der Waals surface area (Å²) in [5, 5.41) is 14.4. The highest BCUT2D eigenvalue weighted by atomic mass is 32.1. The van der Waals surface area contributed by atoms with Crippen molar-refractivity contribution in [2.24, 2.45) is 0 Å². The van der Waals surface area contributed by atoms with Gasteiger partial charge in [0.25, 0.3) is 5.82 Å². The quantitative estimate of drug-likeness (QED) is 0.755. The number of hydrogen-bond donors (Lipinski definition) is 0. The van der Waals surface area contributed by atoms with Crippen LogP contribution in [0.25, 0.3) is 0 Å². The van der Waals surface area contributed by atoms with Crippen molar-refractivity contribution in [3.63, 3.8) is 0 Å². The van der Waals surface area contributed by atoms with E-state index in [1.807, 2.05) is 23.6 Å². The van der Waals surface area contributed by atoms with E-state index < -0.39 is 0 Å². The maximum absolute atomic E-state index is 11.7. The van der Waals surface area contributed by atoms with Crippen molar-refractivity contribution in [3.8, 4) is 6.07 Å². The Balaban J connectivity index is 1.80. The lowest BCUT2D eigenvalue weighted by molar-refractivity contribution is 0.0982. The molecule has 0 fully saturated rings. The molecule has 0 N–H and O–H groups in total. The number of carbonyl (C=O) groups is 1. The molecule has 0 aliphatic carbocycles. The van der Waals surface area contributed by atoms with E-state index >= 15 is 0 Å². The van der Waals surface area contributed by atoms with E-state index in [9.17, 15) is 4.79 Å². The van der Waals surface area contributed by atoms with E-state index in [-0.39, 0.29) is 11.6 Å². The lowest BCUT2D eigenvalue weighted by Crippen LogP contribution is -2.03. The Morgan fingerprint density at radius 1 is 1.59 bits per heavy atom. The number of Topliss-reactive ketones (excluding diaryl/α,β-unsaturated/α-hetero) is 1. The molecule has 2 rings (SSSR count). The molecule has 0 spiro atoms. The molecule has 0 unspecified atom stereocenters. The van der Waals surface area contributed by atoms with Crippen LogP contribution in [0.5, 0.6) is 0 Å². The first kappa shape index (κ1) is 11.5. The van der Waals surface area contributed by atoms with Gasteiger partial charge in [0.05, 0.1) is 4.88 Å². The molecule has 0 radical (unpaired) electrons. The SMILES string of the molecule is N#Cc1ncn(CCCC(=O)c2cccs2)n1. The van der Waals surface area contributed by atoms with E-state index in [2.05, 4.69) is 10.1 Å². The summed E-state index contributed by atoms with van der Waals surface area (Å²) in [6, 6.07) is 5.56. The molecule has 0 amide bonds. The lowest BCUT2D eigenvalue weighted by atomic mass is 10.2. The molecule has 0 saturated carbocycles. The third-order valence-electron chi connectivity index (χ3n) is 2.22. The van der Waals surface area contributed by atoms with Crippen LogP contribution in [0, 0.1) is 11.3 Å². The second-order valence-electron chi connectivity index (χ2n) is 3.45. The highest BCUT2D eigenvalue weighted by Crippen LogP contribution is 2.12. The van der Waals surface area contributed by atoms with Gasteiger partial charge in [0.2, 0.25) is 0 Å². The minimum Gasteiger partial charge on any atom is -0.293 e. The minimum atomic E-state index is 0.153. The fourth-order valence-corrected chi connectivity index (χ4v) is 2.11. The molecule has 0 saturated heterocycles. The molecule has 17 heavy (non-hydrogen) atoms. The van der Waals surface area contributed by atoms with Crippen molar-refractivity contribution >= 4 is 17.1 Å². The van der Waals surface area contributed by atoms with Crippen LogP contribution in [0.3, 0.4) is 0 Å². The molecule has 0 aromatic carbocycles. The van der Waals surface area contributed by atoms with Gasteiger partial charge in [-0.2, -0.15) is 5.26 Å². The van der Waals surface area contributed by atoms with Gasteiger partial charge >= 0.3 is 0 Å². The van der Waals surface area contributed by atoms with Gasteiger partial charge in [0.1, 0.15) is 12.4 Å². The topological polar surface area (TPSA) is 71.6 Å². The number of rotatable bonds is 5. The number of ketones is 1. The normalized spacial score (nSPS) is 10.1. The summed E-state index contributed by atoms with van der Waals surface area (Å²) >= 11 is 1.46. The van der Waals surface area contributed by atoms with Gasteiger partial charge in [-0.05, 0) is 17.9 Å². The third kappa shape index (κ3) is 2.98. The summed E-state index contributed by atoms with van der Waals surface area (Å²) in [5.74, 6) is 0.315. The number of nitriles is 1. The number of hydrogen-bond acceptors (Lipinski definition) is 5. The predicted molar refractivity (Wildman–Crippen MR) is 62.6 cm³/mol. The molecule has 0 atom stereocenters. The molecule has 0 aliphatic heterocycles. The Morgan fingerprint density at radius 2 is 2.47 bits per heavy atom. The molecular weight excluding hydrogens is 236 g/mol. The largest absolute Gasteiger partial charge is 0.293 e. The molecule has 0 bridgehead atoms. The first-order valence-electron chi connectivity index (χ1n) is 5.16. The van der Waals surface area contributed by atoms with Gasteiger partial charge in [-0.3, -0.25) is 9.48 Å². The van der Waals surface area contributed by atoms with Gasteiger partial charge in [0.15, 0.2) is 5.78 Å². The summed E-state index contributed by atoms with van der Waals surface area (Å²) in [6.45, 7) is 0.603. The van der Waals surface area contributed by atoms with E-state index in [0.29, 0.717) is 19.4 Å². The van der Waals surface area contributed by atoms with Crippen molar-refractivity contribution in [3.05, 3.63) is 34.5 Å². The highest BCUT2D eigenvalue weighted by Gasteiger charge is 2.06. The predicted octanol–water partition coefficient (Wildman–Crippen LogP) is 1.87. The molecule has 0 aliphatic rings. The van der Waals surface area contributed by atoms with Crippen LogP contribution >= 0.6 is 11.3 Å². The maximum atomic E-state index is 11.7. The number of nitrogens with zero attached hydrogens (tertiary/aromatic N) is 4. The van der Waals surface area contributed by atoms with E-state index in [1.165, 1.54) is 17.7 Å². The van der Waals surface area contributed by atoms with Gasteiger partial charge in [-0.25, -0.2) is 4.98 Å². The van der Waals surface area contributed by atoms with Crippen LogP contribution < -0.4 is 0 Å². The Kier molecular flexibility index (Phi) is 3.62. The monoisotopic (exact) mass is 246 g/mol. The number of carbonyl (C=O) groups excluding carboxylic acids is 1. The molecule has 2 aromatic rings. The first-order valence-corrected chi connectivity index (χ1v) is 6.04. The average Bonchev–Trinajstić information content (AvgIpc) is 3.00. The summed E-state index contributed by atoms with van der Waals surface area (Å²) in [6.07, 6.45) is 2.70. The number of aryl methyl sites for hydroxylation is 1. The van der Waals surface area contributed by atoms with E-state index in [0.717, 1.165) is 4.88 Å². The molecule has 2 heterocycles. The maximum Gasteiger partial charge on any atom is 0.252 e. The van der Waals surface area contributed by atoms with Crippen molar-refractivity contribution < 1.29 is 4.79 Å². The Labute approximate surface area is 102 Å². The Hall–Kier alpha value is -2.00. The van der Waals surface area contributed by atoms with Crippen LogP contribution in [-0.4, -0.2) is 20.5 Å². The van der Waals surface area contributed by atoms with Crippen LogP contribution in [0.1, 0.15) is 28.3 Å². The zero-order valence-electron chi connectivity index (χ0n) is 9.04. The van der Waals surface area contributed by atoms with Gasteiger partial charge < -0.3 is 0 Å². The van der Waals surface area contributed by atoms with E-state index in [4.69, 9.17) is 5.26 Å². The Bertz CT molecular complexity index is 538. The second-order valence-corrected chi connectivity index (χ2v) is 4.39. The van der Waals surface area contributed by atoms with Crippen LogP contribution in [0.4, 0.5) is 0 Å². The number of aromatic nitrogens is 3. The molecule has 86 valence electrons. The van der Waals surface area contributed by atoms with Gasteiger partial charge in [0, 0.05) is 13.0 Å². The number of thiophene rings is 1. The Morgan fingerprint density at radius 3 is 3.12 bits per heavy atom. The van der Waals surface area contributed by atoms with Crippen LogP contribution in [-0.2, 0) is 6.54 Å². The molecule has 6 heteroatoms. The van der Waals surface area contributed by atoms with Crippen LogP contribution in [0.15, 0.2) is 23.8 Å². The van der Waals surface area contributed by atoms with Crippen molar-refractivity contribution in [1.29, 1.82) is 5.26 Å². The summed E-state index contributed by atoms with van der Waals surface area (Å²) in [4.78, 5) is 16.3. The fourth-order valence-electron chi connectivity index (χ4n) is 1.42. The van der Waals surface area contributed by atoms with Gasteiger partial charge in [-0.1, -0.05) is 6.07 Å². The molecule has 2 aromatic heterocycles. The van der Waals surface area contributed by atoms with Gasteiger partial charge in [-0.15, -0.1) is 16.4 Å². The highest BCUT2D eigenvalue weighted by molar-refractivity contribution is 7.12. The van der Waals surface area contributed by atoms with Crippen molar-refractivity contribution in [2.45, 2.75) is 19.4 Å². The summed E-state index contributed by atoms with van der Waals surface area (Å²) < 4.78 is 1.58. The van der Waals surface area contributed by atoms with E-state index in [1.54, 1.807) is 4.68 Å². The van der Waals surface area contributed by atoms with Crippen molar-refractivity contribution in [1.82, 2.24) is 14.8 Å². The third-order valence-corrected chi connectivity index (χ3v) is 3.13. The smallest absolute Gasteiger partial charge is 0.252 e. The lowest BCUT2D eigenvalue weighted by Gasteiger charge is -1.99. The zero-order valence-corrected chi connectivity index (χ0v) is 9.85. The minimum absolute atomic E-state index is 0.153. The first-order chi connectivity index (χ1) is 8.29. The fraction of sp³-hybridized carbons (Fsp3) is 0.273. The molecule has 5 nitrogen and oxygen atoms in total. The summed E-state index contributed by atoms with van der Waals surface area (Å²) in [5.41, 5.74) is 0. The van der Waals surface area contributed by atoms with Crippen LogP contribution in [0.2, 0.25) is 0 Å². The summed E-state index contributed by atoms with van der Waals surface area (Å²) in [7, 11) is 0. The zero-order chi connectivity index (χ0) is 12.1. The average molecular weight is 246 g/mol. The van der Waals surface area contributed by atoms with Crippen molar-refractivity contribution in [2.75, 3.05) is 0 Å². The second kappa shape index (κ2) is 5.37.